The van der Waals surface area contributed by atoms with Crippen molar-refractivity contribution in [3.63, 3.8) is 0 Å². The Kier molecular flexibility index (Phi) is 5.20. The van der Waals surface area contributed by atoms with E-state index in [1.165, 1.54) is 12.1 Å². The molecule has 0 bridgehead atoms. The Balaban J connectivity index is 1.75. The summed E-state index contributed by atoms with van der Waals surface area (Å²) in [6, 6.07) is 4.45. The minimum atomic E-state index is -0.439. The van der Waals surface area contributed by atoms with Gasteiger partial charge >= 0.3 is 0 Å². The third-order valence-corrected chi connectivity index (χ3v) is 3.73. The van der Waals surface area contributed by atoms with Gasteiger partial charge in [0.05, 0.1) is 5.02 Å². The minimum Gasteiger partial charge on any atom is -0.384 e. The monoisotopic (exact) mass is 299 g/mol. The van der Waals surface area contributed by atoms with E-state index in [2.05, 4.69) is 17.3 Å². The Morgan fingerprint density at radius 2 is 2.05 bits per heavy atom. The van der Waals surface area contributed by atoms with Gasteiger partial charge in [-0.05, 0) is 25.2 Å². The third-order valence-electron chi connectivity index (χ3n) is 3.44. The SMILES string of the molecule is CN1CCN(C(=O)CCNc2ccc(F)c(Cl)c2)CC1. The Morgan fingerprint density at radius 1 is 1.35 bits per heavy atom. The molecule has 1 fully saturated rings. The van der Waals surface area contributed by atoms with Crippen LogP contribution in [0.1, 0.15) is 6.42 Å². The molecule has 1 aliphatic heterocycles. The van der Waals surface area contributed by atoms with Crippen molar-refractivity contribution in [3.05, 3.63) is 29.0 Å². The summed E-state index contributed by atoms with van der Waals surface area (Å²) in [5, 5.41) is 3.17. The van der Waals surface area contributed by atoms with Crippen LogP contribution in [0, 0.1) is 5.82 Å². The summed E-state index contributed by atoms with van der Waals surface area (Å²) in [5.74, 6) is -0.287. The van der Waals surface area contributed by atoms with Crippen LogP contribution in [0.2, 0.25) is 5.02 Å². The molecule has 4 nitrogen and oxygen atoms in total. The molecular formula is C14H19ClFN3O. The molecule has 0 aromatic heterocycles. The second-order valence-electron chi connectivity index (χ2n) is 4.99. The molecule has 110 valence electrons. The minimum absolute atomic E-state index is 0.0837. The molecule has 1 aromatic carbocycles. The van der Waals surface area contributed by atoms with Gasteiger partial charge in [0.15, 0.2) is 0 Å². The lowest BCUT2D eigenvalue weighted by atomic mass is 10.2. The van der Waals surface area contributed by atoms with E-state index in [1.54, 1.807) is 6.07 Å². The smallest absolute Gasteiger partial charge is 0.224 e. The predicted octanol–water partition coefficient (Wildman–Crippen LogP) is 2.06. The van der Waals surface area contributed by atoms with Gasteiger partial charge in [-0.25, -0.2) is 4.39 Å². The molecule has 6 heteroatoms. The highest BCUT2D eigenvalue weighted by atomic mass is 35.5. The van der Waals surface area contributed by atoms with Crippen LogP contribution in [-0.4, -0.2) is 55.5 Å². The second-order valence-corrected chi connectivity index (χ2v) is 5.40. The summed E-state index contributed by atoms with van der Waals surface area (Å²) < 4.78 is 13.0. The molecule has 1 saturated heterocycles. The lowest BCUT2D eigenvalue weighted by Crippen LogP contribution is -2.47. The number of amides is 1. The first-order chi connectivity index (χ1) is 9.56. The van der Waals surface area contributed by atoms with Crippen molar-refractivity contribution < 1.29 is 9.18 Å². The van der Waals surface area contributed by atoms with Gasteiger partial charge in [-0.2, -0.15) is 0 Å². The van der Waals surface area contributed by atoms with E-state index in [0.29, 0.717) is 13.0 Å². The topological polar surface area (TPSA) is 35.6 Å². The number of likely N-dealkylation sites (N-methyl/N-ethyl adjacent to an activating group) is 1. The summed E-state index contributed by atoms with van der Waals surface area (Å²) in [6.45, 7) is 3.95. The maximum atomic E-state index is 13.0. The quantitative estimate of drug-likeness (QED) is 0.924. The number of hydrogen-bond acceptors (Lipinski definition) is 3. The fourth-order valence-corrected chi connectivity index (χ4v) is 2.31. The van der Waals surface area contributed by atoms with Gasteiger partial charge in [-0.3, -0.25) is 4.79 Å². The van der Waals surface area contributed by atoms with Crippen LogP contribution in [0.3, 0.4) is 0 Å². The number of carbonyl (C=O) groups excluding carboxylic acids is 1. The van der Waals surface area contributed by atoms with Gasteiger partial charge in [0.25, 0.3) is 0 Å². The van der Waals surface area contributed by atoms with Gasteiger partial charge in [-0.1, -0.05) is 11.6 Å². The second kappa shape index (κ2) is 6.90. The first kappa shape index (κ1) is 15.1. The zero-order valence-electron chi connectivity index (χ0n) is 11.5. The molecule has 1 N–H and O–H groups in total. The van der Waals surface area contributed by atoms with Crippen LogP contribution in [-0.2, 0) is 4.79 Å². The van der Waals surface area contributed by atoms with Crippen LogP contribution in [0.5, 0.6) is 0 Å². The van der Waals surface area contributed by atoms with Gasteiger partial charge in [-0.15, -0.1) is 0 Å². The number of nitrogens with zero attached hydrogens (tertiary/aromatic N) is 2. The van der Waals surface area contributed by atoms with Crippen LogP contribution in [0.4, 0.5) is 10.1 Å². The zero-order chi connectivity index (χ0) is 14.5. The van der Waals surface area contributed by atoms with Crippen LogP contribution < -0.4 is 5.32 Å². The summed E-state index contributed by atoms with van der Waals surface area (Å²) in [6.07, 6.45) is 0.429. The van der Waals surface area contributed by atoms with Crippen molar-refractivity contribution >= 4 is 23.2 Å². The highest BCUT2D eigenvalue weighted by molar-refractivity contribution is 6.31. The maximum Gasteiger partial charge on any atom is 0.224 e. The van der Waals surface area contributed by atoms with Crippen LogP contribution in [0.15, 0.2) is 18.2 Å². The van der Waals surface area contributed by atoms with Crippen LogP contribution >= 0.6 is 11.6 Å². The van der Waals surface area contributed by atoms with Crippen molar-refractivity contribution in [2.45, 2.75) is 6.42 Å². The fraction of sp³-hybridized carbons (Fsp3) is 0.500. The standard InChI is InChI=1S/C14H19ClFN3O/c1-18-6-8-19(9-7-18)14(20)4-5-17-11-2-3-13(16)12(15)10-11/h2-3,10,17H,4-9H2,1H3. The van der Waals surface area contributed by atoms with E-state index in [-0.39, 0.29) is 10.9 Å². The van der Waals surface area contributed by atoms with Crippen molar-refractivity contribution in [1.82, 2.24) is 9.80 Å². The molecule has 1 amide bonds. The zero-order valence-corrected chi connectivity index (χ0v) is 12.3. The predicted molar refractivity (Wildman–Crippen MR) is 78.6 cm³/mol. The highest BCUT2D eigenvalue weighted by Crippen LogP contribution is 2.19. The fourth-order valence-electron chi connectivity index (χ4n) is 2.13. The number of carbonyl (C=O) groups is 1. The first-order valence-electron chi connectivity index (χ1n) is 6.71. The molecule has 2 rings (SSSR count). The van der Waals surface area contributed by atoms with Crippen molar-refractivity contribution in [1.29, 1.82) is 0 Å². The Hall–Kier alpha value is -1.33. The Labute approximate surface area is 123 Å². The summed E-state index contributed by atoms with van der Waals surface area (Å²) >= 11 is 5.70. The van der Waals surface area contributed by atoms with Gasteiger partial charge in [0, 0.05) is 44.8 Å². The molecule has 20 heavy (non-hydrogen) atoms. The van der Waals surface area contributed by atoms with Gasteiger partial charge < -0.3 is 15.1 Å². The Bertz CT molecular complexity index is 475. The van der Waals surface area contributed by atoms with E-state index >= 15 is 0 Å². The number of piperazine rings is 1. The summed E-state index contributed by atoms with van der Waals surface area (Å²) in [4.78, 5) is 16.1. The van der Waals surface area contributed by atoms with E-state index in [1.807, 2.05) is 4.90 Å². The van der Waals surface area contributed by atoms with Crippen LogP contribution in [0.25, 0.3) is 0 Å². The average molecular weight is 300 g/mol. The van der Waals surface area contributed by atoms with Crippen molar-refractivity contribution in [2.24, 2.45) is 0 Å². The summed E-state index contributed by atoms with van der Waals surface area (Å²) in [7, 11) is 2.06. The number of halogens is 2. The normalized spacial score (nSPS) is 16.2. The molecule has 1 aliphatic rings. The number of benzene rings is 1. The molecule has 0 atom stereocenters. The van der Waals surface area contributed by atoms with Gasteiger partial charge in [0.2, 0.25) is 5.91 Å². The van der Waals surface area contributed by atoms with E-state index in [0.717, 1.165) is 31.9 Å². The maximum absolute atomic E-state index is 13.0. The van der Waals surface area contributed by atoms with Crippen molar-refractivity contribution in [2.75, 3.05) is 45.1 Å². The lowest BCUT2D eigenvalue weighted by molar-refractivity contribution is -0.132. The number of hydrogen-bond donors (Lipinski definition) is 1. The molecule has 0 unspecified atom stereocenters. The molecule has 0 radical (unpaired) electrons. The van der Waals surface area contributed by atoms with Crippen molar-refractivity contribution in [3.8, 4) is 0 Å². The molecular weight excluding hydrogens is 281 g/mol. The number of anilines is 1. The first-order valence-corrected chi connectivity index (χ1v) is 7.09. The molecule has 0 spiro atoms. The highest BCUT2D eigenvalue weighted by Gasteiger charge is 2.18. The molecule has 0 saturated carbocycles. The van der Waals surface area contributed by atoms with E-state index in [4.69, 9.17) is 11.6 Å². The molecule has 0 aliphatic carbocycles. The number of nitrogens with one attached hydrogen (secondary N) is 1. The lowest BCUT2D eigenvalue weighted by Gasteiger charge is -2.32. The van der Waals surface area contributed by atoms with E-state index < -0.39 is 5.82 Å². The third kappa shape index (κ3) is 4.08. The molecule has 1 aromatic rings. The summed E-state index contributed by atoms with van der Waals surface area (Å²) in [5.41, 5.74) is 0.725. The average Bonchev–Trinajstić information content (AvgIpc) is 2.43. The number of rotatable bonds is 4. The van der Waals surface area contributed by atoms with Gasteiger partial charge in [0.1, 0.15) is 5.82 Å². The largest absolute Gasteiger partial charge is 0.384 e. The van der Waals surface area contributed by atoms with E-state index in [9.17, 15) is 9.18 Å². The Morgan fingerprint density at radius 3 is 2.70 bits per heavy atom. The molecule has 1 heterocycles.